The topological polar surface area (TPSA) is 127 Å². The molecule has 214 valence electrons. The molecular formula is C28H30ClNO10. The minimum atomic E-state index is -1.67. The summed E-state index contributed by atoms with van der Waals surface area (Å²) >= 11 is 6.62. The molecule has 2 aliphatic heterocycles. The average Bonchev–Trinajstić information content (AvgIpc) is 3.47. The first kappa shape index (κ1) is 24.0. The van der Waals surface area contributed by atoms with Crippen molar-refractivity contribution in [3.05, 3.63) is 53.1 Å². The zero-order chi connectivity index (χ0) is 31.8. The fourth-order valence-corrected chi connectivity index (χ4v) is 4.84. The van der Waals surface area contributed by atoms with E-state index in [0.29, 0.717) is 0 Å². The van der Waals surface area contributed by atoms with E-state index >= 15 is 0 Å². The van der Waals surface area contributed by atoms with Gasteiger partial charge in [-0.25, -0.2) is 0 Å². The predicted molar refractivity (Wildman–Crippen MR) is 141 cm³/mol. The highest BCUT2D eigenvalue weighted by atomic mass is 35.5. The maximum atomic E-state index is 12.3. The van der Waals surface area contributed by atoms with E-state index in [9.17, 15) is 19.2 Å². The van der Waals surface area contributed by atoms with E-state index < -0.39 is 88.8 Å². The van der Waals surface area contributed by atoms with Crippen LogP contribution in [0.3, 0.4) is 0 Å². The minimum absolute atomic E-state index is 0.0638. The molecule has 0 aromatic heterocycles. The Morgan fingerprint density at radius 2 is 1.60 bits per heavy atom. The van der Waals surface area contributed by atoms with Crippen LogP contribution in [0.5, 0.6) is 5.75 Å². The van der Waals surface area contributed by atoms with Crippen molar-refractivity contribution < 1.29 is 53.1 Å². The van der Waals surface area contributed by atoms with Crippen molar-refractivity contribution in [1.29, 1.82) is 0 Å². The number of rotatable bonds is 8. The lowest BCUT2D eigenvalue weighted by molar-refractivity contribution is -0.288. The number of hydrogen-bond acceptors (Lipinski definition) is 11. The summed E-state index contributed by atoms with van der Waals surface area (Å²) in [6.45, 7) is -3.14. The standard InChI is InChI=1S/C28H30ClNO10/c1-15(31)35-14-24-25(36-16(2)32)26(37-17(3)33)27(38-18(4)34)28(40-24)39-23-10-9-20(13-21(23)29)30-12-11-19-7-5-6-8-22(19)30/h5-10,13,24-28H,11-12,14H2,1-4H3/t24-,25-,26+,27+,28?/m1/s1/i1D,2D,3D,4D. The van der Waals surface area contributed by atoms with Gasteiger partial charge in [0.2, 0.25) is 12.4 Å². The summed E-state index contributed by atoms with van der Waals surface area (Å²) in [5, 5.41) is 0.140. The van der Waals surface area contributed by atoms with Crippen LogP contribution in [0.1, 0.15) is 38.6 Å². The first-order chi connectivity index (χ1) is 21.2. The predicted octanol–water partition coefficient (Wildman–Crippen LogP) is 3.50. The van der Waals surface area contributed by atoms with Gasteiger partial charge in [0.05, 0.1) is 5.02 Å². The summed E-state index contributed by atoms with van der Waals surface area (Å²) < 4.78 is 62.3. The molecule has 4 rings (SSSR count). The van der Waals surface area contributed by atoms with Crippen LogP contribution in [-0.2, 0) is 49.3 Å². The molecule has 0 amide bonds. The van der Waals surface area contributed by atoms with Crippen molar-refractivity contribution in [2.45, 2.75) is 64.7 Å². The van der Waals surface area contributed by atoms with Crippen LogP contribution in [0.25, 0.3) is 0 Å². The molecule has 2 heterocycles. The maximum Gasteiger partial charge on any atom is 0.303 e. The van der Waals surface area contributed by atoms with Crippen LogP contribution in [0.2, 0.25) is 5.02 Å². The molecule has 0 aliphatic carbocycles. The number of nitrogens with zero attached hydrogens (tertiary/aromatic N) is 1. The van der Waals surface area contributed by atoms with Crippen molar-refractivity contribution >= 4 is 46.9 Å². The van der Waals surface area contributed by atoms with Gasteiger partial charge in [-0.1, -0.05) is 29.8 Å². The molecule has 2 aliphatic rings. The molecule has 5 atom stereocenters. The summed E-state index contributed by atoms with van der Waals surface area (Å²) in [4.78, 5) is 50.6. The fraction of sp³-hybridized carbons (Fsp3) is 0.429. The second-order valence-electron chi connectivity index (χ2n) is 8.85. The monoisotopic (exact) mass is 579 g/mol. The van der Waals surface area contributed by atoms with Gasteiger partial charge in [0, 0.05) is 51.0 Å². The molecule has 2 aromatic rings. The fourth-order valence-electron chi connectivity index (χ4n) is 4.62. The average molecular weight is 580 g/mol. The third-order valence-electron chi connectivity index (χ3n) is 6.16. The molecule has 11 nitrogen and oxygen atoms in total. The van der Waals surface area contributed by atoms with E-state index in [-0.39, 0.29) is 10.8 Å². The number of esters is 4. The number of carbonyl (C=O) groups excluding carboxylic acids is 4. The Morgan fingerprint density at radius 1 is 0.925 bits per heavy atom. The van der Waals surface area contributed by atoms with Crippen molar-refractivity contribution in [3.63, 3.8) is 0 Å². The highest BCUT2D eigenvalue weighted by Gasteiger charge is 2.53. The molecule has 0 N–H and O–H groups in total. The van der Waals surface area contributed by atoms with Crippen molar-refractivity contribution in [2.24, 2.45) is 0 Å². The third-order valence-corrected chi connectivity index (χ3v) is 6.46. The Hall–Kier alpha value is -3.83. The van der Waals surface area contributed by atoms with Crippen LogP contribution in [0, 0.1) is 0 Å². The van der Waals surface area contributed by atoms with E-state index in [1.165, 1.54) is 5.56 Å². The number of para-hydroxylation sites is 1. The Labute approximate surface area is 241 Å². The summed E-state index contributed by atoms with van der Waals surface area (Å²) in [6, 6.07) is 12.9. The number of halogens is 1. The van der Waals surface area contributed by atoms with Gasteiger partial charge in [0.25, 0.3) is 0 Å². The number of hydrogen-bond donors (Lipinski definition) is 0. The van der Waals surface area contributed by atoms with Crippen LogP contribution in [0.4, 0.5) is 11.4 Å². The Balaban J connectivity index is 1.68. The third kappa shape index (κ3) is 6.83. The van der Waals surface area contributed by atoms with Crippen LogP contribution < -0.4 is 9.64 Å². The van der Waals surface area contributed by atoms with Gasteiger partial charge in [-0.2, -0.15) is 0 Å². The second-order valence-corrected chi connectivity index (χ2v) is 9.26. The van der Waals surface area contributed by atoms with E-state index in [1.54, 1.807) is 18.2 Å². The Bertz CT molecular complexity index is 1370. The summed E-state index contributed by atoms with van der Waals surface area (Å²) in [6.07, 6.45) is -7.09. The highest BCUT2D eigenvalue weighted by Crippen LogP contribution is 2.39. The quantitative estimate of drug-likeness (QED) is 0.337. The maximum absolute atomic E-state index is 12.3. The molecule has 2 aromatic carbocycles. The summed E-state index contributed by atoms with van der Waals surface area (Å²) in [5.41, 5.74) is 3.00. The molecule has 1 unspecified atom stereocenters. The van der Waals surface area contributed by atoms with Gasteiger partial charge < -0.3 is 33.3 Å². The van der Waals surface area contributed by atoms with Crippen molar-refractivity contribution in [1.82, 2.24) is 0 Å². The van der Waals surface area contributed by atoms with Crippen LogP contribution >= 0.6 is 11.6 Å². The van der Waals surface area contributed by atoms with Crippen LogP contribution in [-0.4, -0.2) is 67.7 Å². The molecule has 1 saturated heterocycles. The van der Waals surface area contributed by atoms with Gasteiger partial charge in [0.1, 0.15) is 18.5 Å². The van der Waals surface area contributed by atoms with Crippen molar-refractivity contribution in [2.75, 3.05) is 18.1 Å². The Kier molecular flexibility index (Phi) is 7.54. The van der Waals surface area contributed by atoms with Gasteiger partial charge in [0.15, 0.2) is 12.2 Å². The SMILES string of the molecule is [2H]CC(=O)OC[C@H]1OC(Oc2ccc(N3CCc4ccccc43)cc2Cl)[C@@H](OC(=O)C[2H])[C@@H](OC(=O)C[2H])[C@@H]1OC(=O)C[2H]. The number of anilines is 2. The smallest absolute Gasteiger partial charge is 0.303 e. The van der Waals surface area contributed by atoms with E-state index in [1.807, 2.05) is 24.3 Å². The molecule has 0 spiro atoms. The van der Waals surface area contributed by atoms with Crippen LogP contribution in [0.15, 0.2) is 42.5 Å². The molecule has 0 saturated carbocycles. The number of ether oxygens (including phenoxy) is 6. The second kappa shape index (κ2) is 12.6. The number of carbonyl (C=O) groups is 4. The minimum Gasteiger partial charge on any atom is -0.463 e. The van der Waals surface area contributed by atoms with E-state index in [0.717, 1.165) is 24.3 Å². The first-order valence-corrected chi connectivity index (χ1v) is 12.4. The number of fused-ring (bicyclic) bond motifs is 1. The van der Waals surface area contributed by atoms with E-state index in [4.69, 9.17) is 45.5 Å². The molecule has 40 heavy (non-hydrogen) atoms. The normalized spacial score (nSPS) is 24.8. The van der Waals surface area contributed by atoms with E-state index in [2.05, 4.69) is 4.90 Å². The lowest BCUT2D eigenvalue weighted by Gasteiger charge is -2.44. The molecule has 0 radical (unpaired) electrons. The zero-order valence-electron chi connectivity index (χ0n) is 25.3. The lowest BCUT2D eigenvalue weighted by Crippen LogP contribution is -2.63. The van der Waals surface area contributed by atoms with Crippen molar-refractivity contribution in [3.8, 4) is 5.75 Å². The molecule has 1 fully saturated rings. The molecule has 0 bridgehead atoms. The largest absolute Gasteiger partial charge is 0.463 e. The van der Waals surface area contributed by atoms with Gasteiger partial charge in [-0.15, -0.1) is 0 Å². The van der Waals surface area contributed by atoms with Gasteiger partial charge in [-0.05, 0) is 36.2 Å². The highest BCUT2D eigenvalue weighted by molar-refractivity contribution is 6.32. The zero-order valence-corrected chi connectivity index (χ0v) is 22.0. The lowest BCUT2D eigenvalue weighted by atomic mass is 9.98. The molecular weight excluding hydrogens is 546 g/mol. The van der Waals surface area contributed by atoms with Gasteiger partial charge in [-0.3, -0.25) is 19.2 Å². The number of benzene rings is 2. The Morgan fingerprint density at radius 3 is 2.30 bits per heavy atom. The van der Waals surface area contributed by atoms with Gasteiger partial charge >= 0.3 is 23.9 Å². The summed E-state index contributed by atoms with van der Waals surface area (Å²) in [5.74, 6) is -4.12. The first-order valence-electron chi connectivity index (χ1n) is 14.9. The summed E-state index contributed by atoms with van der Waals surface area (Å²) in [7, 11) is 0. The molecule has 12 heteroatoms.